The summed E-state index contributed by atoms with van der Waals surface area (Å²) in [6, 6.07) is 9.85. The molecule has 0 aliphatic heterocycles. The van der Waals surface area contributed by atoms with E-state index in [1.54, 1.807) is 0 Å². The van der Waals surface area contributed by atoms with Gasteiger partial charge in [0.05, 0.1) is 5.92 Å². The standard InChI is InChI=1S/C16H24O2/c1-11(2)15(12(3)4)16(17)18-13(5)14-9-7-6-8-10-14/h6-13,15H,1-5H3. The van der Waals surface area contributed by atoms with Crippen molar-refractivity contribution in [2.24, 2.45) is 17.8 Å². The number of ether oxygens (including phenoxy) is 1. The zero-order valence-electron chi connectivity index (χ0n) is 12.0. The van der Waals surface area contributed by atoms with Gasteiger partial charge in [0.2, 0.25) is 0 Å². The van der Waals surface area contributed by atoms with E-state index < -0.39 is 0 Å². The van der Waals surface area contributed by atoms with Crippen LogP contribution in [0.4, 0.5) is 0 Å². The summed E-state index contributed by atoms with van der Waals surface area (Å²) in [6.07, 6.45) is -0.182. The highest BCUT2D eigenvalue weighted by molar-refractivity contribution is 5.73. The molecule has 0 amide bonds. The first-order chi connectivity index (χ1) is 8.43. The topological polar surface area (TPSA) is 26.3 Å². The maximum Gasteiger partial charge on any atom is 0.310 e. The van der Waals surface area contributed by atoms with E-state index in [1.807, 2.05) is 37.3 Å². The molecule has 1 unspecified atom stereocenters. The summed E-state index contributed by atoms with van der Waals surface area (Å²) in [5, 5.41) is 0. The molecule has 0 radical (unpaired) electrons. The third-order valence-electron chi connectivity index (χ3n) is 3.27. The molecular weight excluding hydrogens is 224 g/mol. The Bertz CT molecular complexity index is 360. The Morgan fingerprint density at radius 2 is 1.44 bits per heavy atom. The first-order valence-corrected chi connectivity index (χ1v) is 6.69. The Morgan fingerprint density at radius 3 is 1.89 bits per heavy atom. The van der Waals surface area contributed by atoms with Crippen LogP contribution in [0.15, 0.2) is 30.3 Å². The van der Waals surface area contributed by atoms with Gasteiger partial charge in [-0.1, -0.05) is 58.0 Å². The molecular formula is C16H24O2. The molecule has 100 valence electrons. The minimum absolute atomic E-state index is 0.0313. The molecule has 0 fully saturated rings. The highest BCUT2D eigenvalue weighted by Crippen LogP contribution is 2.25. The molecule has 18 heavy (non-hydrogen) atoms. The van der Waals surface area contributed by atoms with E-state index in [2.05, 4.69) is 27.7 Å². The minimum Gasteiger partial charge on any atom is -0.458 e. The summed E-state index contributed by atoms with van der Waals surface area (Å²) in [6.45, 7) is 10.2. The van der Waals surface area contributed by atoms with E-state index in [-0.39, 0.29) is 18.0 Å². The van der Waals surface area contributed by atoms with E-state index in [0.717, 1.165) is 5.56 Å². The zero-order valence-corrected chi connectivity index (χ0v) is 12.0. The van der Waals surface area contributed by atoms with Crippen molar-refractivity contribution in [2.45, 2.75) is 40.7 Å². The van der Waals surface area contributed by atoms with Gasteiger partial charge in [-0.25, -0.2) is 0 Å². The molecule has 0 bridgehead atoms. The van der Waals surface area contributed by atoms with Crippen molar-refractivity contribution in [1.29, 1.82) is 0 Å². The van der Waals surface area contributed by atoms with Crippen molar-refractivity contribution in [2.75, 3.05) is 0 Å². The van der Waals surface area contributed by atoms with Gasteiger partial charge in [-0.2, -0.15) is 0 Å². The van der Waals surface area contributed by atoms with Crippen LogP contribution < -0.4 is 0 Å². The van der Waals surface area contributed by atoms with Crippen LogP contribution in [-0.2, 0) is 9.53 Å². The summed E-state index contributed by atoms with van der Waals surface area (Å²) in [4.78, 5) is 12.2. The number of hydrogen-bond acceptors (Lipinski definition) is 2. The SMILES string of the molecule is CC(OC(=O)C(C(C)C)C(C)C)c1ccccc1. The van der Waals surface area contributed by atoms with Gasteiger partial charge in [0.25, 0.3) is 0 Å². The second-order valence-electron chi connectivity index (χ2n) is 5.50. The van der Waals surface area contributed by atoms with Gasteiger partial charge in [0.1, 0.15) is 6.10 Å². The first-order valence-electron chi connectivity index (χ1n) is 6.69. The van der Waals surface area contributed by atoms with Gasteiger partial charge >= 0.3 is 5.97 Å². The molecule has 2 nitrogen and oxygen atoms in total. The number of rotatable bonds is 5. The van der Waals surface area contributed by atoms with Crippen molar-refractivity contribution >= 4 is 5.97 Å². The van der Waals surface area contributed by atoms with Gasteiger partial charge in [-0.3, -0.25) is 4.79 Å². The Kier molecular flexibility index (Phi) is 5.39. The average molecular weight is 248 g/mol. The van der Waals surface area contributed by atoms with E-state index in [9.17, 15) is 4.79 Å². The lowest BCUT2D eigenvalue weighted by molar-refractivity contribution is -0.157. The fraction of sp³-hybridized carbons (Fsp3) is 0.562. The third-order valence-corrected chi connectivity index (χ3v) is 3.27. The van der Waals surface area contributed by atoms with Gasteiger partial charge in [0, 0.05) is 0 Å². The van der Waals surface area contributed by atoms with Gasteiger partial charge in [-0.15, -0.1) is 0 Å². The first kappa shape index (κ1) is 14.7. The molecule has 0 spiro atoms. The summed E-state index contributed by atoms with van der Waals surface area (Å²) >= 11 is 0. The molecule has 0 aliphatic carbocycles. The highest BCUT2D eigenvalue weighted by Gasteiger charge is 2.28. The molecule has 2 heteroatoms. The zero-order chi connectivity index (χ0) is 13.7. The second kappa shape index (κ2) is 6.58. The summed E-state index contributed by atoms with van der Waals surface area (Å²) < 4.78 is 5.58. The van der Waals surface area contributed by atoms with Crippen LogP contribution >= 0.6 is 0 Å². The van der Waals surface area contributed by atoms with Crippen molar-refractivity contribution in [3.63, 3.8) is 0 Å². The Balaban J connectivity index is 2.69. The van der Waals surface area contributed by atoms with Crippen molar-refractivity contribution in [1.82, 2.24) is 0 Å². The predicted octanol–water partition coefficient (Wildman–Crippen LogP) is 4.22. The minimum atomic E-state index is -0.182. The fourth-order valence-corrected chi connectivity index (χ4v) is 2.36. The molecule has 0 aliphatic rings. The Morgan fingerprint density at radius 1 is 0.944 bits per heavy atom. The molecule has 1 aromatic carbocycles. The van der Waals surface area contributed by atoms with Crippen LogP contribution in [-0.4, -0.2) is 5.97 Å². The van der Waals surface area contributed by atoms with E-state index in [1.165, 1.54) is 0 Å². The van der Waals surface area contributed by atoms with E-state index in [0.29, 0.717) is 11.8 Å². The molecule has 0 saturated carbocycles. The average Bonchev–Trinajstić information content (AvgIpc) is 2.28. The molecule has 1 atom stereocenters. The second-order valence-corrected chi connectivity index (χ2v) is 5.50. The van der Waals surface area contributed by atoms with Gasteiger partial charge < -0.3 is 4.74 Å². The van der Waals surface area contributed by atoms with Gasteiger partial charge in [-0.05, 0) is 24.3 Å². The van der Waals surface area contributed by atoms with E-state index >= 15 is 0 Å². The maximum atomic E-state index is 12.2. The van der Waals surface area contributed by atoms with Crippen molar-refractivity contribution in [3.8, 4) is 0 Å². The lowest BCUT2D eigenvalue weighted by atomic mass is 9.85. The van der Waals surface area contributed by atoms with Crippen LogP contribution in [0.3, 0.4) is 0 Å². The summed E-state index contributed by atoms with van der Waals surface area (Å²) in [7, 11) is 0. The highest BCUT2D eigenvalue weighted by atomic mass is 16.5. The smallest absolute Gasteiger partial charge is 0.310 e. The van der Waals surface area contributed by atoms with Crippen LogP contribution in [0.2, 0.25) is 0 Å². The van der Waals surface area contributed by atoms with Gasteiger partial charge in [0.15, 0.2) is 0 Å². The Hall–Kier alpha value is -1.31. The number of esters is 1. The monoisotopic (exact) mass is 248 g/mol. The molecule has 0 saturated heterocycles. The lowest BCUT2D eigenvalue weighted by Crippen LogP contribution is -2.28. The van der Waals surface area contributed by atoms with Crippen LogP contribution in [0.1, 0.15) is 46.3 Å². The largest absolute Gasteiger partial charge is 0.458 e. The fourth-order valence-electron chi connectivity index (χ4n) is 2.36. The molecule has 1 rings (SSSR count). The number of carbonyl (C=O) groups excluding carboxylic acids is 1. The van der Waals surface area contributed by atoms with E-state index in [4.69, 9.17) is 4.74 Å². The predicted molar refractivity (Wildman–Crippen MR) is 74.1 cm³/mol. The maximum absolute atomic E-state index is 12.2. The molecule has 1 aromatic rings. The van der Waals surface area contributed by atoms with Crippen molar-refractivity contribution in [3.05, 3.63) is 35.9 Å². The molecule has 0 heterocycles. The number of carbonyl (C=O) groups is 1. The number of benzene rings is 1. The Labute approximate surface area is 110 Å². The summed E-state index contributed by atoms with van der Waals surface area (Å²) in [5.41, 5.74) is 1.04. The third kappa shape index (κ3) is 3.86. The quantitative estimate of drug-likeness (QED) is 0.729. The summed E-state index contributed by atoms with van der Waals surface area (Å²) in [5.74, 6) is 0.494. The lowest BCUT2D eigenvalue weighted by Gasteiger charge is -2.25. The van der Waals surface area contributed by atoms with Crippen LogP contribution in [0, 0.1) is 17.8 Å². The molecule has 0 N–H and O–H groups in total. The van der Waals surface area contributed by atoms with Crippen LogP contribution in [0.25, 0.3) is 0 Å². The molecule has 0 aromatic heterocycles. The normalized spacial score (nSPS) is 13.1. The van der Waals surface area contributed by atoms with Crippen molar-refractivity contribution < 1.29 is 9.53 Å². The van der Waals surface area contributed by atoms with Crippen LogP contribution in [0.5, 0.6) is 0 Å². The number of hydrogen-bond donors (Lipinski definition) is 0.